The molecular weight excluding hydrogens is 272 g/mol. The Morgan fingerprint density at radius 2 is 1.67 bits per heavy atom. The molecule has 0 spiro atoms. The Morgan fingerprint density at radius 1 is 1.14 bits per heavy atom. The van der Waals surface area contributed by atoms with Gasteiger partial charge in [-0.05, 0) is 37.1 Å². The molecule has 0 radical (unpaired) electrons. The Hall–Kier alpha value is -2.24. The van der Waals surface area contributed by atoms with E-state index in [1.807, 2.05) is 20.8 Å². The van der Waals surface area contributed by atoms with Crippen molar-refractivity contribution < 1.29 is 19.8 Å². The van der Waals surface area contributed by atoms with Gasteiger partial charge in [-0.1, -0.05) is 13.8 Å². The van der Waals surface area contributed by atoms with Crippen molar-refractivity contribution >= 4 is 17.7 Å². The van der Waals surface area contributed by atoms with Crippen molar-refractivity contribution in [3.05, 3.63) is 24.3 Å². The summed E-state index contributed by atoms with van der Waals surface area (Å²) < 4.78 is 0. The monoisotopic (exact) mass is 294 g/mol. The van der Waals surface area contributed by atoms with Gasteiger partial charge < -0.3 is 15.1 Å². The first-order valence-electron chi connectivity index (χ1n) is 6.79. The van der Waals surface area contributed by atoms with Crippen LogP contribution in [0.3, 0.4) is 0 Å². The number of rotatable bonds is 5. The second-order valence-corrected chi connectivity index (χ2v) is 5.37. The molecule has 2 N–H and O–H groups in total. The van der Waals surface area contributed by atoms with Crippen LogP contribution in [-0.4, -0.2) is 46.7 Å². The molecule has 0 aliphatic heterocycles. The maximum absolute atomic E-state index is 12.5. The van der Waals surface area contributed by atoms with Crippen molar-refractivity contribution in [1.29, 1.82) is 0 Å². The van der Waals surface area contributed by atoms with E-state index in [1.54, 1.807) is 7.05 Å². The van der Waals surface area contributed by atoms with Crippen molar-refractivity contribution in [2.75, 3.05) is 18.5 Å². The van der Waals surface area contributed by atoms with E-state index >= 15 is 0 Å². The summed E-state index contributed by atoms with van der Waals surface area (Å²) in [6.07, 6.45) is 0. The lowest BCUT2D eigenvalue weighted by Crippen LogP contribution is -2.48. The van der Waals surface area contributed by atoms with E-state index < -0.39 is 12.5 Å². The fourth-order valence-electron chi connectivity index (χ4n) is 1.85. The van der Waals surface area contributed by atoms with Gasteiger partial charge in [-0.15, -0.1) is 0 Å². The van der Waals surface area contributed by atoms with E-state index in [2.05, 4.69) is 0 Å². The molecule has 6 heteroatoms. The quantitative estimate of drug-likeness (QED) is 0.873. The van der Waals surface area contributed by atoms with Crippen molar-refractivity contribution in [3.8, 4) is 5.75 Å². The minimum Gasteiger partial charge on any atom is -0.508 e. The second kappa shape index (κ2) is 6.97. The number of amides is 2. The van der Waals surface area contributed by atoms with E-state index in [0.29, 0.717) is 5.69 Å². The number of aromatic hydroxyl groups is 1. The molecule has 6 nitrogen and oxygen atoms in total. The van der Waals surface area contributed by atoms with Crippen LogP contribution in [0.25, 0.3) is 0 Å². The molecule has 0 aliphatic carbocycles. The predicted molar refractivity (Wildman–Crippen MR) is 80.5 cm³/mol. The molecule has 1 aromatic rings. The summed E-state index contributed by atoms with van der Waals surface area (Å²) in [4.78, 5) is 26.3. The normalized spacial score (nSPS) is 12.0. The third kappa shape index (κ3) is 4.37. The molecule has 0 aliphatic rings. The number of hydrogen-bond donors (Lipinski definition) is 2. The van der Waals surface area contributed by atoms with Gasteiger partial charge in [0.05, 0.1) is 0 Å². The predicted octanol–water partition coefficient (Wildman–Crippen LogP) is 2.38. The topological polar surface area (TPSA) is 81.1 Å². The minimum absolute atomic E-state index is 0.0223. The smallest absolute Gasteiger partial charge is 0.325 e. The van der Waals surface area contributed by atoms with Crippen LogP contribution in [0, 0.1) is 5.92 Å². The summed E-state index contributed by atoms with van der Waals surface area (Å²) in [6, 6.07) is 5.47. The molecular formula is C15H22N2O4. The summed E-state index contributed by atoms with van der Waals surface area (Å²) in [5.41, 5.74) is 0.433. The van der Waals surface area contributed by atoms with Crippen LogP contribution in [0.15, 0.2) is 24.3 Å². The number of nitrogens with zero attached hydrogens (tertiary/aromatic N) is 2. The molecule has 0 saturated carbocycles. The molecule has 0 aromatic heterocycles. The van der Waals surface area contributed by atoms with Gasteiger partial charge >= 0.3 is 12.0 Å². The number of carbonyl (C=O) groups excluding carboxylic acids is 1. The molecule has 21 heavy (non-hydrogen) atoms. The average Bonchev–Trinajstić information content (AvgIpc) is 2.43. The highest BCUT2D eigenvalue weighted by atomic mass is 16.4. The molecule has 1 unspecified atom stereocenters. The molecule has 116 valence electrons. The summed E-state index contributed by atoms with van der Waals surface area (Å²) in [5, 5.41) is 18.3. The van der Waals surface area contributed by atoms with Crippen LogP contribution in [0.2, 0.25) is 0 Å². The van der Waals surface area contributed by atoms with E-state index in [0.717, 1.165) is 0 Å². The number of carbonyl (C=O) groups is 2. The first-order chi connectivity index (χ1) is 9.73. The van der Waals surface area contributed by atoms with E-state index in [-0.39, 0.29) is 23.7 Å². The van der Waals surface area contributed by atoms with E-state index in [4.69, 9.17) is 5.11 Å². The van der Waals surface area contributed by atoms with Gasteiger partial charge in [0.25, 0.3) is 0 Å². The standard InChI is InChI=1S/C15H22N2O4/c1-10(2)11(3)16(4)15(21)17(9-14(19)20)12-5-7-13(18)8-6-12/h5-8,10-11,18H,9H2,1-4H3,(H,19,20). The first kappa shape index (κ1) is 16.8. The molecule has 2 amide bonds. The number of hydrogen-bond acceptors (Lipinski definition) is 3. The van der Waals surface area contributed by atoms with Crippen LogP contribution in [-0.2, 0) is 4.79 Å². The largest absolute Gasteiger partial charge is 0.508 e. The first-order valence-corrected chi connectivity index (χ1v) is 6.79. The minimum atomic E-state index is -1.10. The summed E-state index contributed by atoms with van der Waals surface area (Å²) in [6.45, 7) is 5.48. The van der Waals surface area contributed by atoms with Gasteiger partial charge in [-0.25, -0.2) is 4.79 Å². The van der Waals surface area contributed by atoms with Crippen LogP contribution >= 0.6 is 0 Å². The number of urea groups is 1. The fourth-order valence-corrected chi connectivity index (χ4v) is 1.85. The summed E-state index contributed by atoms with van der Waals surface area (Å²) in [5.74, 6) is -0.780. The van der Waals surface area contributed by atoms with Crippen LogP contribution < -0.4 is 4.90 Å². The SMILES string of the molecule is CC(C)C(C)N(C)C(=O)N(CC(=O)O)c1ccc(O)cc1. The van der Waals surface area contributed by atoms with Crippen molar-refractivity contribution in [2.24, 2.45) is 5.92 Å². The van der Waals surface area contributed by atoms with Crippen molar-refractivity contribution in [2.45, 2.75) is 26.8 Å². The zero-order valence-corrected chi connectivity index (χ0v) is 12.8. The van der Waals surface area contributed by atoms with Crippen LogP contribution in [0.1, 0.15) is 20.8 Å². The number of aliphatic carboxylic acids is 1. The van der Waals surface area contributed by atoms with Crippen molar-refractivity contribution in [1.82, 2.24) is 4.90 Å². The number of carboxylic acid groups (broad SMARTS) is 1. The maximum atomic E-state index is 12.5. The number of phenols is 1. The highest BCUT2D eigenvalue weighted by Gasteiger charge is 2.26. The highest BCUT2D eigenvalue weighted by Crippen LogP contribution is 2.21. The summed E-state index contributed by atoms with van der Waals surface area (Å²) >= 11 is 0. The number of phenolic OH excluding ortho intramolecular Hbond substituents is 1. The highest BCUT2D eigenvalue weighted by molar-refractivity contribution is 5.96. The van der Waals surface area contributed by atoms with Gasteiger partial charge in [-0.2, -0.15) is 0 Å². The Labute approximate surface area is 124 Å². The van der Waals surface area contributed by atoms with Crippen LogP contribution in [0.4, 0.5) is 10.5 Å². The Balaban J connectivity index is 3.04. The lowest BCUT2D eigenvalue weighted by Gasteiger charge is -2.33. The lowest BCUT2D eigenvalue weighted by molar-refractivity contribution is -0.135. The molecule has 1 rings (SSSR count). The van der Waals surface area contributed by atoms with E-state index in [1.165, 1.54) is 34.1 Å². The second-order valence-electron chi connectivity index (χ2n) is 5.37. The molecule has 0 saturated heterocycles. The fraction of sp³-hybridized carbons (Fsp3) is 0.467. The zero-order valence-electron chi connectivity index (χ0n) is 12.8. The molecule has 1 atom stereocenters. The molecule has 1 aromatic carbocycles. The third-order valence-corrected chi connectivity index (χ3v) is 3.56. The molecule has 0 fully saturated rings. The number of carboxylic acids is 1. The van der Waals surface area contributed by atoms with Gasteiger partial charge in [0.2, 0.25) is 0 Å². The van der Waals surface area contributed by atoms with Crippen LogP contribution in [0.5, 0.6) is 5.75 Å². The maximum Gasteiger partial charge on any atom is 0.325 e. The van der Waals surface area contributed by atoms with Crippen molar-refractivity contribution in [3.63, 3.8) is 0 Å². The Bertz CT molecular complexity index is 499. The number of benzene rings is 1. The van der Waals surface area contributed by atoms with Gasteiger partial charge in [0.1, 0.15) is 12.3 Å². The molecule has 0 heterocycles. The Morgan fingerprint density at radius 3 is 2.10 bits per heavy atom. The van der Waals surface area contributed by atoms with Gasteiger partial charge in [0.15, 0.2) is 0 Å². The Kier molecular flexibility index (Phi) is 5.58. The zero-order chi connectivity index (χ0) is 16.2. The van der Waals surface area contributed by atoms with Gasteiger partial charge in [-0.3, -0.25) is 9.69 Å². The molecule has 0 bridgehead atoms. The third-order valence-electron chi connectivity index (χ3n) is 3.56. The average molecular weight is 294 g/mol. The number of anilines is 1. The lowest BCUT2D eigenvalue weighted by atomic mass is 10.1. The summed E-state index contributed by atoms with van der Waals surface area (Å²) in [7, 11) is 1.66. The van der Waals surface area contributed by atoms with Gasteiger partial charge in [0, 0.05) is 18.8 Å². The van der Waals surface area contributed by atoms with E-state index in [9.17, 15) is 14.7 Å².